The monoisotopic (exact) mass is 258 g/mol. The second-order valence-electron chi connectivity index (χ2n) is 5.46. The fraction of sp³-hybridized carbons (Fsp3) is 0.625. The first-order valence-corrected chi connectivity index (χ1v) is 7.57. The van der Waals surface area contributed by atoms with Gasteiger partial charge in [0, 0.05) is 0 Å². The third-order valence-electron chi connectivity index (χ3n) is 3.86. The van der Waals surface area contributed by atoms with Gasteiger partial charge >= 0.3 is 0 Å². The van der Waals surface area contributed by atoms with E-state index in [9.17, 15) is 0 Å². The lowest BCUT2D eigenvalue weighted by Gasteiger charge is -2.13. The summed E-state index contributed by atoms with van der Waals surface area (Å²) < 4.78 is 0. The molecule has 1 aliphatic rings. The number of rotatable bonds is 8. The Morgan fingerprint density at radius 1 is 1.05 bits per heavy atom. The van der Waals surface area contributed by atoms with Gasteiger partial charge in [0.2, 0.25) is 0 Å². The van der Waals surface area contributed by atoms with Gasteiger partial charge in [-0.1, -0.05) is 64.5 Å². The first-order valence-electron chi connectivity index (χ1n) is 7.57. The summed E-state index contributed by atoms with van der Waals surface area (Å²) in [7, 11) is 0. The number of hydrogen-bond acceptors (Lipinski definition) is 2. The molecule has 1 heterocycles. The van der Waals surface area contributed by atoms with Crippen LogP contribution < -0.4 is 5.43 Å². The summed E-state index contributed by atoms with van der Waals surface area (Å²) in [4.78, 5) is 0. The average Bonchev–Trinajstić information content (AvgIpc) is 2.90. The Morgan fingerprint density at radius 3 is 2.68 bits per heavy atom. The van der Waals surface area contributed by atoms with Gasteiger partial charge in [-0.15, -0.1) is 10.5 Å². The molecule has 0 fully saturated rings. The summed E-state index contributed by atoms with van der Waals surface area (Å²) in [6.45, 7) is 4.55. The number of unbranched alkanes of at least 4 members (excludes halogenated alkanes) is 5. The fourth-order valence-corrected chi connectivity index (χ4v) is 2.64. The molecule has 0 amide bonds. The maximum absolute atomic E-state index is 4.15. The Bertz CT molecular complexity index is 426. The second kappa shape index (κ2) is 7.27. The van der Waals surface area contributed by atoms with Crippen LogP contribution in [0.4, 0.5) is 11.4 Å². The van der Waals surface area contributed by atoms with Crippen LogP contribution in [-0.4, -0.2) is 0 Å². The van der Waals surface area contributed by atoms with Crippen LogP contribution >= 0.6 is 0 Å². The number of nitrogens with zero attached hydrogens (tertiary/aromatic N) is 3. The van der Waals surface area contributed by atoms with Gasteiger partial charge in [-0.2, -0.15) is 0 Å². The molecule has 1 aliphatic heterocycles. The molecule has 0 saturated heterocycles. The van der Waals surface area contributed by atoms with Crippen molar-refractivity contribution in [1.82, 2.24) is 5.43 Å². The summed E-state index contributed by atoms with van der Waals surface area (Å²) in [5, 5.41) is 7.92. The Hall–Kier alpha value is -1.38. The average molecular weight is 258 g/mol. The molecule has 0 bridgehead atoms. The Balaban J connectivity index is 1.79. The van der Waals surface area contributed by atoms with Crippen molar-refractivity contribution in [3.05, 3.63) is 23.8 Å². The highest BCUT2D eigenvalue weighted by molar-refractivity contribution is 5.67. The zero-order valence-electron chi connectivity index (χ0n) is 12.1. The van der Waals surface area contributed by atoms with E-state index in [2.05, 4.69) is 41.7 Å². The zero-order valence-corrected chi connectivity index (χ0v) is 12.1. The molecule has 103 valence electrons. The van der Waals surface area contributed by atoms with E-state index in [1.54, 1.807) is 0 Å². The molecule has 1 aromatic rings. The van der Waals surface area contributed by atoms with E-state index in [1.807, 2.05) is 6.07 Å². The molecule has 1 unspecified atom stereocenters. The van der Waals surface area contributed by atoms with Crippen LogP contribution in [0.15, 0.2) is 28.5 Å². The molecule has 19 heavy (non-hydrogen) atoms. The van der Waals surface area contributed by atoms with Crippen LogP contribution in [0.2, 0.25) is 0 Å². The van der Waals surface area contributed by atoms with E-state index >= 15 is 0 Å². The summed E-state index contributed by atoms with van der Waals surface area (Å²) in [6.07, 6.45) is 9.36. The summed E-state index contributed by atoms with van der Waals surface area (Å²) in [6, 6.07) is 6.21. The minimum Gasteiger partial charge on any atom is -0.128 e. The van der Waals surface area contributed by atoms with Crippen molar-refractivity contribution in [3.63, 3.8) is 0 Å². The molecule has 1 aromatic carbocycles. The summed E-state index contributed by atoms with van der Waals surface area (Å²) >= 11 is 0. The van der Waals surface area contributed by atoms with Gasteiger partial charge in [-0.25, -0.2) is 0 Å². The Morgan fingerprint density at radius 2 is 1.84 bits per heavy atom. The van der Waals surface area contributed by atoms with E-state index in [1.165, 1.54) is 50.5 Å². The van der Waals surface area contributed by atoms with Crippen LogP contribution in [0.1, 0.15) is 70.3 Å². The standard InChI is InChI=1S/C16H24N3/c1-3-4-5-6-7-8-10-13(2)14-11-9-12-15-16(14)18-19-17-15/h9,11-13H,3-8,10H2,1-2H3. The molecule has 1 atom stereocenters. The van der Waals surface area contributed by atoms with Gasteiger partial charge in [-0.3, -0.25) is 0 Å². The van der Waals surface area contributed by atoms with Gasteiger partial charge in [0.25, 0.3) is 0 Å². The van der Waals surface area contributed by atoms with Crippen molar-refractivity contribution in [2.75, 3.05) is 0 Å². The van der Waals surface area contributed by atoms with Crippen LogP contribution in [0.25, 0.3) is 0 Å². The van der Waals surface area contributed by atoms with Gasteiger partial charge in [0.1, 0.15) is 11.4 Å². The zero-order chi connectivity index (χ0) is 13.5. The third kappa shape index (κ3) is 3.79. The maximum atomic E-state index is 4.15. The van der Waals surface area contributed by atoms with E-state index in [-0.39, 0.29) is 0 Å². The molecule has 0 spiro atoms. The van der Waals surface area contributed by atoms with Crippen LogP contribution in [0.5, 0.6) is 0 Å². The highest BCUT2D eigenvalue weighted by atomic mass is 15.5. The van der Waals surface area contributed by atoms with Crippen molar-refractivity contribution in [3.8, 4) is 0 Å². The smallest absolute Gasteiger partial charge is 0.119 e. The van der Waals surface area contributed by atoms with Gasteiger partial charge in [0.15, 0.2) is 0 Å². The van der Waals surface area contributed by atoms with E-state index in [0.717, 1.165) is 11.4 Å². The molecule has 3 heteroatoms. The van der Waals surface area contributed by atoms with Crippen molar-refractivity contribution in [2.24, 2.45) is 10.3 Å². The topological polar surface area (TPSA) is 38.8 Å². The molecule has 0 saturated carbocycles. The lowest BCUT2D eigenvalue weighted by Crippen LogP contribution is -1.95. The quantitative estimate of drug-likeness (QED) is 0.529. The van der Waals surface area contributed by atoms with E-state index < -0.39 is 0 Å². The van der Waals surface area contributed by atoms with Crippen molar-refractivity contribution < 1.29 is 0 Å². The van der Waals surface area contributed by atoms with Crippen LogP contribution in [0.3, 0.4) is 0 Å². The van der Waals surface area contributed by atoms with Gasteiger partial charge in [-0.05, 0) is 29.2 Å². The molecule has 0 aliphatic carbocycles. The summed E-state index contributed by atoms with van der Waals surface area (Å²) in [5.74, 6) is 0.549. The largest absolute Gasteiger partial charge is 0.128 e. The van der Waals surface area contributed by atoms with Crippen molar-refractivity contribution in [1.29, 1.82) is 0 Å². The second-order valence-corrected chi connectivity index (χ2v) is 5.46. The van der Waals surface area contributed by atoms with Crippen LogP contribution in [0, 0.1) is 0 Å². The van der Waals surface area contributed by atoms with Gasteiger partial charge < -0.3 is 0 Å². The Kier molecular flexibility index (Phi) is 5.37. The SMILES string of the molecule is CCCCCCCCC(C)c1cccc2c1N=N[N]2. The minimum absolute atomic E-state index is 0.549. The predicted molar refractivity (Wildman–Crippen MR) is 79.2 cm³/mol. The molecule has 2 rings (SSSR count). The highest BCUT2D eigenvalue weighted by Crippen LogP contribution is 2.39. The van der Waals surface area contributed by atoms with Crippen molar-refractivity contribution in [2.45, 2.75) is 64.7 Å². The molecule has 0 N–H and O–H groups in total. The normalized spacial score (nSPS) is 14.2. The van der Waals surface area contributed by atoms with E-state index in [4.69, 9.17) is 0 Å². The van der Waals surface area contributed by atoms with E-state index in [0.29, 0.717) is 5.92 Å². The molecule has 0 aromatic heterocycles. The number of benzene rings is 1. The lowest BCUT2D eigenvalue weighted by atomic mass is 9.93. The number of hydrogen-bond donors (Lipinski definition) is 0. The predicted octanol–water partition coefficient (Wildman–Crippen LogP) is 5.79. The molecular weight excluding hydrogens is 234 g/mol. The molecule has 3 nitrogen and oxygen atoms in total. The fourth-order valence-electron chi connectivity index (χ4n) is 2.64. The van der Waals surface area contributed by atoms with Gasteiger partial charge in [0.05, 0.1) is 0 Å². The van der Waals surface area contributed by atoms with Crippen LogP contribution in [-0.2, 0) is 0 Å². The first-order chi connectivity index (χ1) is 9.33. The summed E-state index contributed by atoms with van der Waals surface area (Å²) in [5.41, 5.74) is 7.24. The highest BCUT2D eigenvalue weighted by Gasteiger charge is 2.17. The Labute approximate surface area is 116 Å². The molecular formula is C16H24N3. The maximum Gasteiger partial charge on any atom is 0.119 e. The first kappa shape index (κ1) is 14.0. The molecule has 1 radical (unpaired) electrons. The third-order valence-corrected chi connectivity index (χ3v) is 3.86. The minimum atomic E-state index is 0.549. The lowest BCUT2D eigenvalue weighted by molar-refractivity contribution is 0.557. The van der Waals surface area contributed by atoms with Crippen molar-refractivity contribution >= 4 is 11.4 Å². The number of fused-ring (bicyclic) bond motifs is 1.